The maximum absolute atomic E-state index is 5.50. The van der Waals surface area contributed by atoms with Crippen LogP contribution in [-0.4, -0.2) is 10.5 Å². The van der Waals surface area contributed by atoms with Gasteiger partial charge in [0.25, 0.3) is 0 Å². The fourth-order valence-corrected chi connectivity index (χ4v) is 1.51. The van der Waals surface area contributed by atoms with Gasteiger partial charge in [0, 0.05) is 12.1 Å². The van der Waals surface area contributed by atoms with E-state index in [1.165, 1.54) is 0 Å². The lowest BCUT2D eigenvalue weighted by atomic mass is 10.1. The number of rotatable bonds is 5. The van der Waals surface area contributed by atoms with E-state index in [0.29, 0.717) is 19.2 Å². The molecule has 1 aromatic heterocycles. The molecule has 0 aliphatic heterocycles. The van der Waals surface area contributed by atoms with E-state index in [4.69, 9.17) is 9.15 Å². The van der Waals surface area contributed by atoms with Crippen molar-refractivity contribution in [2.24, 2.45) is 0 Å². The zero-order valence-electron chi connectivity index (χ0n) is 11.6. The Morgan fingerprint density at radius 1 is 1.21 bits per heavy atom. The molecule has 4 nitrogen and oxygen atoms in total. The maximum Gasteiger partial charge on any atom is 0.394 e. The smallest absolute Gasteiger partial charge is 0.394 e. The predicted octanol–water partition coefficient (Wildman–Crippen LogP) is 3.14. The number of oxazole rings is 1. The van der Waals surface area contributed by atoms with Crippen LogP contribution in [0.2, 0.25) is 0 Å². The molecule has 0 bridgehead atoms. The molecule has 4 heteroatoms. The van der Waals surface area contributed by atoms with Gasteiger partial charge in [-0.05, 0) is 26.3 Å². The zero-order chi connectivity index (χ0) is 13.7. The standard InChI is InChI=1S/C15H20N2O2/c1-15(2,3)16-9-13-11-19-14(17-13)18-10-12-7-5-4-6-8-12/h4-8,11,16H,9-10H2,1-3H3. The van der Waals surface area contributed by atoms with Crippen LogP contribution in [0.1, 0.15) is 32.0 Å². The van der Waals surface area contributed by atoms with E-state index in [9.17, 15) is 0 Å². The highest BCUT2D eigenvalue weighted by atomic mass is 16.6. The number of ether oxygens (including phenoxy) is 1. The van der Waals surface area contributed by atoms with Gasteiger partial charge in [-0.3, -0.25) is 0 Å². The van der Waals surface area contributed by atoms with E-state index < -0.39 is 0 Å². The molecule has 0 saturated carbocycles. The number of hydrogen-bond donors (Lipinski definition) is 1. The lowest BCUT2D eigenvalue weighted by Crippen LogP contribution is -2.35. The molecule has 2 rings (SSSR count). The third-order valence-corrected chi connectivity index (χ3v) is 2.54. The molecule has 0 atom stereocenters. The number of aromatic nitrogens is 1. The number of hydrogen-bond acceptors (Lipinski definition) is 4. The highest BCUT2D eigenvalue weighted by Crippen LogP contribution is 2.13. The molecule has 0 fully saturated rings. The van der Waals surface area contributed by atoms with E-state index in [1.54, 1.807) is 6.26 Å². The molecule has 1 heterocycles. The summed E-state index contributed by atoms with van der Waals surface area (Å²) in [6.07, 6.45) is 1.94. The Labute approximate surface area is 113 Å². The molecule has 102 valence electrons. The Bertz CT molecular complexity index is 500. The van der Waals surface area contributed by atoms with Crippen molar-refractivity contribution in [2.75, 3.05) is 0 Å². The average Bonchev–Trinajstić information content (AvgIpc) is 2.82. The van der Waals surface area contributed by atoms with Crippen molar-refractivity contribution in [3.8, 4) is 6.08 Å². The van der Waals surface area contributed by atoms with Gasteiger partial charge < -0.3 is 14.5 Å². The minimum atomic E-state index is 0.0595. The summed E-state index contributed by atoms with van der Waals surface area (Å²) in [5, 5.41) is 3.35. The molecular formula is C15H20N2O2. The Kier molecular flexibility index (Phi) is 4.22. The summed E-state index contributed by atoms with van der Waals surface area (Å²) in [6, 6.07) is 9.95. The van der Waals surface area contributed by atoms with Gasteiger partial charge in [-0.25, -0.2) is 0 Å². The average molecular weight is 260 g/mol. The second kappa shape index (κ2) is 5.89. The van der Waals surface area contributed by atoms with Gasteiger partial charge in [-0.2, -0.15) is 4.98 Å². The third kappa shape index (κ3) is 4.75. The van der Waals surface area contributed by atoms with Gasteiger partial charge in [-0.1, -0.05) is 30.3 Å². The topological polar surface area (TPSA) is 47.3 Å². The normalized spacial score (nSPS) is 11.5. The van der Waals surface area contributed by atoms with Crippen molar-refractivity contribution >= 4 is 0 Å². The summed E-state index contributed by atoms with van der Waals surface area (Å²) >= 11 is 0. The van der Waals surface area contributed by atoms with Crippen molar-refractivity contribution < 1.29 is 9.15 Å². The van der Waals surface area contributed by atoms with Crippen molar-refractivity contribution in [1.82, 2.24) is 10.3 Å². The molecule has 0 radical (unpaired) electrons. The van der Waals surface area contributed by atoms with Crippen molar-refractivity contribution in [2.45, 2.75) is 39.5 Å². The molecular weight excluding hydrogens is 240 g/mol. The second-order valence-electron chi connectivity index (χ2n) is 5.48. The van der Waals surface area contributed by atoms with Crippen LogP contribution in [0.3, 0.4) is 0 Å². The van der Waals surface area contributed by atoms with Crippen LogP contribution in [0.25, 0.3) is 0 Å². The van der Waals surface area contributed by atoms with Crippen LogP contribution in [0.4, 0.5) is 0 Å². The van der Waals surface area contributed by atoms with Crippen LogP contribution < -0.4 is 10.1 Å². The fourth-order valence-electron chi connectivity index (χ4n) is 1.51. The summed E-state index contributed by atoms with van der Waals surface area (Å²) in [4.78, 5) is 4.28. The van der Waals surface area contributed by atoms with Gasteiger partial charge in [0.05, 0.1) is 5.69 Å². The van der Waals surface area contributed by atoms with Gasteiger partial charge in [0.1, 0.15) is 12.9 Å². The molecule has 0 unspecified atom stereocenters. The molecule has 1 N–H and O–H groups in total. The molecule has 2 aromatic rings. The van der Waals surface area contributed by atoms with E-state index in [1.807, 2.05) is 30.3 Å². The first-order chi connectivity index (χ1) is 9.03. The lowest BCUT2D eigenvalue weighted by molar-refractivity contribution is 0.220. The summed E-state index contributed by atoms with van der Waals surface area (Å²) < 4.78 is 10.8. The zero-order valence-corrected chi connectivity index (χ0v) is 11.6. The molecule has 1 aromatic carbocycles. The Hall–Kier alpha value is -1.81. The monoisotopic (exact) mass is 260 g/mol. The first kappa shape index (κ1) is 13.6. The predicted molar refractivity (Wildman–Crippen MR) is 73.9 cm³/mol. The van der Waals surface area contributed by atoms with Gasteiger partial charge in [-0.15, -0.1) is 0 Å². The fraction of sp³-hybridized carbons (Fsp3) is 0.400. The van der Waals surface area contributed by atoms with Crippen molar-refractivity contribution in [1.29, 1.82) is 0 Å². The highest BCUT2D eigenvalue weighted by Gasteiger charge is 2.11. The minimum absolute atomic E-state index is 0.0595. The quantitative estimate of drug-likeness (QED) is 0.897. The molecule has 0 spiro atoms. The van der Waals surface area contributed by atoms with E-state index in [0.717, 1.165) is 11.3 Å². The summed E-state index contributed by atoms with van der Waals surface area (Å²) in [5.41, 5.74) is 2.00. The summed E-state index contributed by atoms with van der Waals surface area (Å²) in [7, 11) is 0. The number of nitrogens with one attached hydrogen (secondary N) is 1. The highest BCUT2D eigenvalue weighted by molar-refractivity contribution is 5.14. The van der Waals surface area contributed by atoms with Crippen LogP contribution in [0.15, 0.2) is 41.0 Å². The second-order valence-corrected chi connectivity index (χ2v) is 5.48. The first-order valence-corrected chi connectivity index (χ1v) is 6.39. The lowest BCUT2D eigenvalue weighted by Gasteiger charge is -2.19. The molecule has 0 amide bonds. The first-order valence-electron chi connectivity index (χ1n) is 6.39. The van der Waals surface area contributed by atoms with Crippen LogP contribution in [0.5, 0.6) is 6.08 Å². The minimum Gasteiger partial charge on any atom is -0.445 e. The van der Waals surface area contributed by atoms with Gasteiger partial charge in [0.15, 0.2) is 0 Å². The number of benzene rings is 1. The molecule has 0 aliphatic rings. The van der Waals surface area contributed by atoms with Crippen LogP contribution in [0, 0.1) is 0 Å². The summed E-state index contributed by atoms with van der Waals surface area (Å²) in [6.45, 7) is 7.47. The largest absolute Gasteiger partial charge is 0.445 e. The molecule has 0 saturated heterocycles. The Morgan fingerprint density at radius 2 is 1.95 bits per heavy atom. The van der Waals surface area contributed by atoms with Crippen LogP contribution >= 0.6 is 0 Å². The maximum atomic E-state index is 5.50. The van der Waals surface area contributed by atoms with Gasteiger partial charge in [0.2, 0.25) is 0 Å². The van der Waals surface area contributed by atoms with E-state index in [2.05, 4.69) is 31.1 Å². The van der Waals surface area contributed by atoms with E-state index in [-0.39, 0.29) is 5.54 Å². The Balaban J connectivity index is 1.84. The van der Waals surface area contributed by atoms with Crippen LogP contribution in [-0.2, 0) is 13.2 Å². The molecule has 19 heavy (non-hydrogen) atoms. The SMILES string of the molecule is CC(C)(C)NCc1coc(OCc2ccccc2)n1. The van der Waals surface area contributed by atoms with E-state index >= 15 is 0 Å². The summed E-state index contributed by atoms with van der Waals surface area (Å²) in [5.74, 6) is 0. The molecule has 0 aliphatic carbocycles. The van der Waals surface area contributed by atoms with Gasteiger partial charge >= 0.3 is 6.08 Å². The van der Waals surface area contributed by atoms with Crippen molar-refractivity contribution in [3.05, 3.63) is 47.9 Å². The number of nitrogens with zero attached hydrogens (tertiary/aromatic N) is 1. The third-order valence-electron chi connectivity index (χ3n) is 2.54. The van der Waals surface area contributed by atoms with Crippen molar-refractivity contribution in [3.63, 3.8) is 0 Å². The Morgan fingerprint density at radius 3 is 2.63 bits per heavy atom.